The normalized spacial score (nSPS) is 22.6. The Kier molecular flexibility index (Phi) is 8.13. The van der Waals surface area contributed by atoms with Gasteiger partial charge in [0.2, 0.25) is 0 Å². The molecular weight excluding hydrogens is 452 g/mol. The first-order valence-corrected chi connectivity index (χ1v) is 12.8. The van der Waals surface area contributed by atoms with Gasteiger partial charge in [-0.3, -0.25) is 4.18 Å². The van der Waals surface area contributed by atoms with Crippen LogP contribution in [0.25, 0.3) is 0 Å². The van der Waals surface area contributed by atoms with E-state index in [1.807, 2.05) is 74.5 Å². The zero-order valence-corrected chi connectivity index (χ0v) is 20.2. The zero-order chi connectivity index (χ0) is 24.0. The van der Waals surface area contributed by atoms with Crippen molar-refractivity contribution in [2.24, 2.45) is 0 Å². The van der Waals surface area contributed by atoms with Gasteiger partial charge in [-0.25, -0.2) is 0 Å². The largest absolute Gasteiger partial charge is 0.368 e. The van der Waals surface area contributed by atoms with Crippen molar-refractivity contribution in [3.8, 4) is 0 Å². The molecule has 6 nitrogen and oxygen atoms in total. The van der Waals surface area contributed by atoms with Crippen molar-refractivity contribution in [2.75, 3.05) is 6.61 Å². The molecule has 0 saturated carbocycles. The van der Waals surface area contributed by atoms with E-state index in [1.165, 1.54) is 12.1 Å². The Morgan fingerprint density at radius 3 is 1.85 bits per heavy atom. The fourth-order valence-corrected chi connectivity index (χ4v) is 4.86. The maximum atomic E-state index is 12.7. The smallest absolute Gasteiger partial charge is 0.297 e. The summed E-state index contributed by atoms with van der Waals surface area (Å²) in [5.74, 6) is 0. The van der Waals surface area contributed by atoms with E-state index in [2.05, 4.69) is 0 Å². The van der Waals surface area contributed by atoms with Gasteiger partial charge >= 0.3 is 0 Å². The lowest BCUT2D eigenvalue weighted by molar-refractivity contribution is -0.0812. The third-order valence-electron chi connectivity index (χ3n) is 5.81. The molecule has 0 spiro atoms. The average Bonchev–Trinajstić information content (AvgIpc) is 3.16. The van der Waals surface area contributed by atoms with Crippen molar-refractivity contribution in [3.05, 3.63) is 102 Å². The molecule has 0 aromatic heterocycles. The van der Waals surface area contributed by atoms with Crippen LogP contribution in [0.15, 0.2) is 89.8 Å². The van der Waals surface area contributed by atoms with E-state index in [4.69, 9.17) is 18.4 Å². The molecule has 1 saturated heterocycles. The highest BCUT2D eigenvalue weighted by atomic mass is 32.2. The molecule has 3 aromatic carbocycles. The molecule has 4 rings (SSSR count). The summed E-state index contributed by atoms with van der Waals surface area (Å²) in [6.45, 7) is 4.40. The molecule has 1 aliphatic rings. The number of hydrogen-bond donors (Lipinski definition) is 0. The second kappa shape index (κ2) is 11.3. The standard InChI is InChI=1S/C27H30O6S/c1-20-13-15-24(16-14-20)34(28,29)32-19-25-27(31-18-23-11-7-4-8-12-23)26(21(2)33-25)30-17-22-9-5-3-6-10-22/h3-16,21,25-27H,17-19H2,1-2H3/t21-,25+,26+,27?/m1/s1. The van der Waals surface area contributed by atoms with Gasteiger partial charge < -0.3 is 14.2 Å². The molecule has 34 heavy (non-hydrogen) atoms. The number of rotatable bonds is 10. The van der Waals surface area contributed by atoms with Crippen LogP contribution in [0.2, 0.25) is 0 Å². The molecule has 180 valence electrons. The van der Waals surface area contributed by atoms with Gasteiger partial charge in [0.15, 0.2) is 0 Å². The molecule has 1 heterocycles. The Balaban J connectivity index is 1.46. The Hall–Kier alpha value is -2.55. The fraction of sp³-hybridized carbons (Fsp3) is 0.333. The van der Waals surface area contributed by atoms with Crippen molar-refractivity contribution < 1.29 is 26.8 Å². The van der Waals surface area contributed by atoms with Crippen LogP contribution in [-0.4, -0.2) is 39.4 Å². The van der Waals surface area contributed by atoms with Crippen LogP contribution < -0.4 is 0 Å². The maximum absolute atomic E-state index is 12.7. The van der Waals surface area contributed by atoms with E-state index in [0.29, 0.717) is 13.2 Å². The molecule has 0 radical (unpaired) electrons. The number of hydrogen-bond acceptors (Lipinski definition) is 6. The van der Waals surface area contributed by atoms with Crippen molar-refractivity contribution in [1.29, 1.82) is 0 Å². The lowest BCUT2D eigenvalue weighted by Crippen LogP contribution is -2.39. The van der Waals surface area contributed by atoms with E-state index in [9.17, 15) is 8.42 Å². The van der Waals surface area contributed by atoms with Crippen LogP contribution in [0.4, 0.5) is 0 Å². The van der Waals surface area contributed by atoms with E-state index in [0.717, 1.165) is 16.7 Å². The lowest BCUT2D eigenvalue weighted by Gasteiger charge is -2.24. The predicted octanol–water partition coefficient (Wildman–Crippen LogP) is 4.66. The van der Waals surface area contributed by atoms with Crippen LogP contribution in [0, 0.1) is 6.92 Å². The van der Waals surface area contributed by atoms with E-state index >= 15 is 0 Å². The van der Waals surface area contributed by atoms with Crippen LogP contribution in [0.5, 0.6) is 0 Å². The summed E-state index contributed by atoms with van der Waals surface area (Å²) in [6, 6.07) is 26.2. The highest BCUT2D eigenvalue weighted by Crippen LogP contribution is 2.29. The topological polar surface area (TPSA) is 71.1 Å². The summed E-state index contributed by atoms with van der Waals surface area (Å²) in [4.78, 5) is 0.114. The monoisotopic (exact) mass is 482 g/mol. The third-order valence-corrected chi connectivity index (χ3v) is 7.11. The van der Waals surface area contributed by atoms with Gasteiger partial charge in [-0.05, 0) is 37.1 Å². The molecule has 0 aliphatic carbocycles. The average molecular weight is 483 g/mol. The van der Waals surface area contributed by atoms with Crippen LogP contribution in [-0.2, 0) is 41.7 Å². The van der Waals surface area contributed by atoms with Gasteiger partial charge in [0, 0.05) is 0 Å². The lowest BCUT2D eigenvalue weighted by atomic mass is 10.1. The third kappa shape index (κ3) is 6.31. The van der Waals surface area contributed by atoms with Crippen molar-refractivity contribution >= 4 is 10.1 Å². The number of benzene rings is 3. The summed E-state index contributed by atoms with van der Waals surface area (Å²) in [6.07, 6.45) is -1.76. The van der Waals surface area contributed by atoms with Gasteiger partial charge in [-0.2, -0.15) is 8.42 Å². The Morgan fingerprint density at radius 2 is 1.29 bits per heavy atom. The molecule has 3 aromatic rings. The number of ether oxygens (including phenoxy) is 3. The zero-order valence-electron chi connectivity index (χ0n) is 19.4. The minimum absolute atomic E-state index is 0.114. The molecule has 1 aliphatic heterocycles. The van der Waals surface area contributed by atoms with E-state index in [-0.39, 0.29) is 23.7 Å². The molecule has 0 amide bonds. The minimum atomic E-state index is -3.92. The molecular formula is C27H30O6S. The maximum Gasteiger partial charge on any atom is 0.297 e. The quantitative estimate of drug-likeness (QED) is 0.392. The van der Waals surface area contributed by atoms with Crippen molar-refractivity contribution in [1.82, 2.24) is 0 Å². The highest BCUT2D eigenvalue weighted by Gasteiger charge is 2.45. The highest BCUT2D eigenvalue weighted by molar-refractivity contribution is 7.86. The summed E-state index contributed by atoms with van der Waals surface area (Å²) in [7, 11) is -3.92. The Morgan fingerprint density at radius 1 is 0.765 bits per heavy atom. The van der Waals surface area contributed by atoms with Crippen molar-refractivity contribution in [3.63, 3.8) is 0 Å². The second-order valence-electron chi connectivity index (χ2n) is 8.45. The number of aryl methyl sites for hydroxylation is 1. The second-order valence-corrected chi connectivity index (χ2v) is 10.1. The Bertz CT molecular complexity index is 1130. The molecule has 1 fully saturated rings. The fourth-order valence-electron chi connectivity index (χ4n) is 3.94. The predicted molar refractivity (Wildman–Crippen MR) is 129 cm³/mol. The van der Waals surface area contributed by atoms with Crippen molar-refractivity contribution in [2.45, 2.75) is 56.4 Å². The van der Waals surface area contributed by atoms with Crippen LogP contribution in [0.3, 0.4) is 0 Å². The van der Waals surface area contributed by atoms with Gasteiger partial charge in [-0.1, -0.05) is 78.4 Å². The van der Waals surface area contributed by atoms with Gasteiger partial charge in [0.05, 0.1) is 30.8 Å². The summed E-state index contributed by atoms with van der Waals surface area (Å²) in [5, 5.41) is 0. The van der Waals surface area contributed by atoms with E-state index in [1.54, 1.807) is 12.1 Å². The summed E-state index contributed by atoms with van der Waals surface area (Å²) in [5.41, 5.74) is 3.02. The van der Waals surface area contributed by atoms with Gasteiger partial charge in [-0.15, -0.1) is 0 Å². The van der Waals surface area contributed by atoms with Crippen LogP contribution in [0.1, 0.15) is 23.6 Å². The SMILES string of the molecule is Cc1ccc(S(=O)(=O)OC[C@@H]2O[C@H](C)[C@H](OCc3ccccc3)C2OCc2ccccc2)cc1. The first kappa shape index (κ1) is 24.6. The van der Waals surface area contributed by atoms with Crippen LogP contribution >= 0.6 is 0 Å². The first-order chi connectivity index (χ1) is 16.4. The molecule has 4 atom stereocenters. The molecule has 7 heteroatoms. The molecule has 0 bridgehead atoms. The first-order valence-electron chi connectivity index (χ1n) is 11.3. The summed E-state index contributed by atoms with van der Waals surface area (Å²) < 4.78 is 49.3. The molecule has 1 unspecified atom stereocenters. The van der Waals surface area contributed by atoms with E-state index < -0.39 is 22.3 Å². The Labute approximate surface area is 201 Å². The van der Waals surface area contributed by atoms with Gasteiger partial charge in [0.25, 0.3) is 10.1 Å². The summed E-state index contributed by atoms with van der Waals surface area (Å²) >= 11 is 0. The minimum Gasteiger partial charge on any atom is -0.368 e. The molecule has 0 N–H and O–H groups in total. The van der Waals surface area contributed by atoms with Gasteiger partial charge in [0.1, 0.15) is 18.3 Å².